The molecule has 0 spiro atoms. The van der Waals surface area contributed by atoms with E-state index < -0.39 is 0 Å². The van der Waals surface area contributed by atoms with Crippen LogP contribution in [0.4, 0.5) is 0 Å². The highest BCUT2D eigenvalue weighted by Gasteiger charge is 2.01. The number of hydrogen-bond acceptors (Lipinski definition) is 4. The Morgan fingerprint density at radius 1 is 0.750 bits per heavy atom. The highest BCUT2D eigenvalue weighted by molar-refractivity contribution is 5.73. The summed E-state index contributed by atoms with van der Waals surface area (Å²) in [5, 5.41) is 0. The molecule has 76 valence electrons. The highest BCUT2D eigenvalue weighted by atomic mass is 14.9. The van der Waals surface area contributed by atoms with E-state index in [1.54, 1.807) is 24.8 Å². The summed E-state index contributed by atoms with van der Waals surface area (Å²) in [6.07, 6.45) is 6.80. The molecule has 3 rings (SSSR count). The molecule has 0 aliphatic rings. The molecule has 0 aliphatic carbocycles. The maximum absolute atomic E-state index is 4.44. The summed E-state index contributed by atoms with van der Waals surface area (Å²) in [6.45, 7) is 0. The maximum Gasteiger partial charge on any atom is 0.178 e. The number of nitrogens with zero attached hydrogens (tertiary/aromatic N) is 4. The zero-order valence-corrected chi connectivity index (χ0v) is 8.41. The highest BCUT2D eigenvalue weighted by Crippen LogP contribution is 2.17. The van der Waals surface area contributed by atoms with Gasteiger partial charge in [-0.1, -0.05) is 0 Å². The van der Waals surface area contributed by atoms with Gasteiger partial charge in [0.2, 0.25) is 0 Å². The Bertz CT molecular complexity index is 622. The zero-order chi connectivity index (χ0) is 10.8. The van der Waals surface area contributed by atoms with Crippen molar-refractivity contribution in [2.45, 2.75) is 0 Å². The monoisotopic (exact) mass is 208 g/mol. The largest absolute Gasteiger partial charge is 0.265 e. The van der Waals surface area contributed by atoms with Crippen molar-refractivity contribution >= 4 is 11.2 Å². The Hall–Kier alpha value is -2.36. The fourth-order valence-electron chi connectivity index (χ4n) is 1.54. The van der Waals surface area contributed by atoms with E-state index in [-0.39, 0.29) is 0 Å². The molecule has 4 nitrogen and oxygen atoms in total. The minimum Gasteiger partial charge on any atom is -0.265 e. The molecule has 0 amide bonds. The van der Waals surface area contributed by atoms with Crippen molar-refractivity contribution in [3.05, 3.63) is 49.1 Å². The van der Waals surface area contributed by atoms with Gasteiger partial charge in [0.1, 0.15) is 5.52 Å². The van der Waals surface area contributed by atoms with Gasteiger partial charge in [-0.3, -0.25) is 9.97 Å². The van der Waals surface area contributed by atoms with Crippen LogP contribution in [0.25, 0.3) is 22.4 Å². The van der Waals surface area contributed by atoms with E-state index in [1.165, 1.54) is 0 Å². The molecule has 0 saturated heterocycles. The normalized spacial score (nSPS) is 10.5. The lowest BCUT2D eigenvalue weighted by Gasteiger charge is -2.00. The SMILES string of the molecule is c1cc(-c2ccc3nccnc3n2)ccn1. The molecule has 0 radical (unpaired) electrons. The van der Waals surface area contributed by atoms with Crippen LogP contribution in [0, 0.1) is 0 Å². The summed E-state index contributed by atoms with van der Waals surface area (Å²) in [6, 6.07) is 7.70. The van der Waals surface area contributed by atoms with Crippen LogP contribution in [0.3, 0.4) is 0 Å². The van der Waals surface area contributed by atoms with Crippen LogP contribution in [0.5, 0.6) is 0 Å². The summed E-state index contributed by atoms with van der Waals surface area (Å²) < 4.78 is 0. The van der Waals surface area contributed by atoms with Gasteiger partial charge in [-0.2, -0.15) is 0 Å². The van der Waals surface area contributed by atoms with Crippen LogP contribution in [0.1, 0.15) is 0 Å². The van der Waals surface area contributed by atoms with Gasteiger partial charge in [0, 0.05) is 30.4 Å². The van der Waals surface area contributed by atoms with Gasteiger partial charge in [0.15, 0.2) is 5.65 Å². The van der Waals surface area contributed by atoms with Crippen molar-refractivity contribution < 1.29 is 0 Å². The average Bonchev–Trinajstić information content (AvgIpc) is 2.39. The topological polar surface area (TPSA) is 51.6 Å². The van der Waals surface area contributed by atoms with Crippen LogP contribution >= 0.6 is 0 Å². The Morgan fingerprint density at radius 2 is 1.56 bits per heavy atom. The molecule has 0 N–H and O–H groups in total. The first-order chi connectivity index (χ1) is 7.93. The Labute approximate surface area is 92.0 Å². The summed E-state index contributed by atoms with van der Waals surface area (Å²) >= 11 is 0. The molecule has 3 aromatic heterocycles. The molecule has 0 bridgehead atoms. The van der Waals surface area contributed by atoms with Crippen LogP contribution in [0.2, 0.25) is 0 Å². The second-order valence-corrected chi connectivity index (χ2v) is 3.33. The molecule has 0 aliphatic heterocycles. The second-order valence-electron chi connectivity index (χ2n) is 3.33. The van der Waals surface area contributed by atoms with Crippen LogP contribution in [-0.4, -0.2) is 19.9 Å². The number of rotatable bonds is 1. The third kappa shape index (κ3) is 1.50. The predicted octanol–water partition coefficient (Wildman–Crippen LogP) is 2.09. The van der Waals surface area contributed by atoms with Crippen molar-refractivity contribution in [1.82, 2.24) is 19.9 Å². The predicted molar refractivity (Wildman–Crippen MR) is 60.6 cm³/mol. The number of fused-ring (bicyclic) bond motifs is 1. The first-order valence-corrected chi connectivity index (χ1v) is 4.92. The van der Waals surface area contributed by atoms with Gasteiger partial charge < -0.3 is 0 Å². The first kappa shape index (κ1) is 8.91. The molecule has 4 heteroatoms. The molecule has 3 aromatic rings. The summed E-state index contributed by atoms with van der Waals surface area (Å²) in [5.41, 5.74) is 3.38. The summed E-state index contributed by atoms with van der Waals surface area (Å²) in [7, 11) is 0. The van der Waals surface area contributed by atoms with E-state index >= 15 is 0 Å². The van der Waals surface area contributed by atoms with Crippen molar-refractivity contribution in [3.8, 4) is 11.3 Å². The van der Waals surface area contributed by atoms with Gasteiger partial charge in [0.05, 0.1) is 5.69 Å². The quantitative estimate of drug-likeness (QED) is 0.614. The van der Waals surface area contributed by atoms with Gasteiger partial charge in [-0.25, -0.2) is 9.97 Å². The first-order valence-electron chi connectivity index (χ1n) is 4.92. The summed E-state index contributed by atoms with van der Waals surface area (Å²) in [5.74, 6) is 0. The molecular formula is C12H8N4. The number of hydrogen-bond donors (Lipinski definition) is 0. The standard InChI is InChI=1S/C12H8N4/c1-2-11-12(15-8-7-14-11)16-10(1)9-3-5-13-6-4-9/h1-8H. The fraction of sp³-hybridized carbons (Fsp3) is 0. The van der Waals surface area contributed by atoms with E-state index in [0.29, 0.717) is 5.65 Å². The third-order valence-electron chi connectivity index (χ3n) is 2.31. The number of pyridine rings is 2. The minimum absolute atomic E-state index is 0.664. The van der Waals surface area contributed by atoms with E-state index in [9.17, 15) is 0 Å². The summed E-state index contributed by atoms with van der Waals surface area (Å²) in [4.78, 5) is 16.8. The molecule has 0 unspecified atom stereocenters. The van der Waals surface area contributed by atoms with E-state index in [2.05, 4.69) is 19.9 Å². The molecular weight excluding hydrogens is 200 g/mol. The third-order valence-corrected chi connectivity index (χ3v) is 2.31. The van der Waals surface area contributed by atoms with Crippen molar-refractivity contribution in [2.75, 3.05) is 0 Å². The van der Waals surface area contributed by atoms with Crippen LogP contribution < -0.4 is 0 Å². The molecule has 16 heavy (non-hydrogen) atoms. The molecule has 0 aromatic carbocycles. The Kier molecular flexibility index (Phi) is 2.04. The zero-order valence-electron chi connectivity index (χ0n) is 8.41. The second kappa shape index (κ2) is 3.66. The van der Waals surface area contributed by atoms with Gasteiger partial charge in [-0.15, -0.1) is 0 Å². The van der Waals surface area contributed by atoms with Gasteiger partial charge >= 0.3 is 0 Å². The van der Waals surface area contributed by atoms with Crippen molar-refractivity contribution in [3.63, 3.8) is 0 Å². The van der Waals surface area contributed by atoms with Crippen LogP contribution in [0.15, 0.2) is 49.1 Å². The van der Waals surface area contributed by atoms with E-state index in [4.69, 9.17) is 0 Å². The lowest BCUT2D eigenvalue weighted by atomic mass is 10.2. The van der Waals surface area contributed by atoms with E-state index in [0.717, 1.165) is 16.8 Å². The molecule has 0 atom stereocenters. The fourth-order valence-corrected chi connectivity index (χ4v) is 1.54. The van der Waals surface area contributed by atoms with Gasteiger partial charge in [-0.05, 0) is 24.3 Å². The van der Waals surface area contributed by atoms with Gasteiger partial charge in [0.25, 0.3) is 0 Å². The number of aromatic nitrogens is 4. The van der Waals surface area contributed by atoms with E-state index in [1.807, 2.05) is 24.3 Å². The molecule has 0 fully saturated rings. The molecule has 0 saturated carbocycles. The lowest BCUT2D eigenvalue weighted by Crippen LogP contribution is -1.89. The van der Waals surface area contributed by atoms with Crippen molar-refractivity contribution in [1.29, 1.82) is 0 Å². The lowest BCUT2D eigenvalue weighted by molar-refractivity contribution is 1.22. The maximum atomic E-state index is 4.44. The smallest absolute Gasteiger partial charge is 0.178 e. The van der Waals surface area contributed by atoms with Crippen molar-refractivity contribution in [2.24, 2.45) is 0 Å². The average molecular weight is 208 g/mol. The minimum atomic E-state index is 0.664. The Balaban J connectivity index is 2.19. The molecule has 3 heterocycles. The van der Waals surface area contributed by atoms with Crippen LogP contribution in [-0.2, 0) is 0 Å². The Morgan fingerprint density at radius 3 is 2.44 bits per heavy atom.